The second-order valence-electron chi connectivity index (χ2n) is 2.94. The third-order valence-corrected chi connectivity index (χ3v) is 2.19. The molecule has 17 heavy (non-hydrogen) atoms. The molecule has 0 spiro atoms. The van der Waals surface area contributed by atoms with Crippen LogP contribution in [0.5, 0.6) is 0 Å². The van der Waals surface area contributed by atoms with Gasteiger partial charge in [0, 0.05) is 6.07 Å². The molecule has 0 saturated carbocycles. The highest BCUT2D eigenvalue weighted by Crippen LogP contribution is 2.27. The van der Waals surface area contributed by atoms with E-state index in [0.29, 0.717) is 0 Å². The lowest BCUT2D eigenvalue weighted by Gasteiger charge is -2.03. The summed E-state index contributed by atoms with van der Waals surface area (Å²) in [5.74, 6) is -0.720. The fourth-order valence-electron chi connectivity index (χ4n) is 1.18. The Balaban J connectivity index is 3.35. The van der Waals surface area contributed by atoms with E-state index in [0.717, 1.165) is 6.07 Å². The average molecular weight is 255 g/mol. The number of rotatable bonds is 3. The molecule has 0 aliphatic carbocycles. The topological polar surface area (TPSA) is 93.2 Å². The second-order valence-corrected chi connectivity index (χ2v) is 3.35. The Bertz CT molecular complexity index is 522. The number of hydrogen-bond acceptors (Lipinski definition) is 5. The molecule has 1 rings (SSSR count). The number of nitro benzene ring substituents is 1. The highest BCUT2D eigenvalue weighted by Gasteiger charge is 2.21. The van der Waals surface area contributed by atoms with Gasteiger partial charge in [0.2, 0.25) is 0 Å². The van der Waals surface area contributed by atoms with Crippen LogP contribution in [0.15, 0.2) is 12.1 Å². The van der Waals surface area contributed by atoms with Gasteiger partial charge in [0.25, 0.3) is 5.69 Å². The smallest absolute Gasteiger partial charge is 0.338 e. The summed E-state index contributed by atoms with van der Waals surface area (Å²) in [6.07, 6.45) is 0. The van der Waals surface area contributed by atoms with Crippen molar-refractivity contribution >= 4 is 23.3 Å². The zero-order chi connectivity index (χ0) is 13.0. The van der Waals surface area contributed by atoms with Gasteiger partial charge in [-0.3, -0.25) is 10.1 Å². The van der Waals surface area contributed by atoms with Gasteiger partial charge in [-0.1, -0.05) is 11.6 Å². The van der Waals surface area contributed by atoms with Crippen molar-refractivity contribution in [2.75, 3.05) is 6.61 Å². The zero-order valence-electron chi connectivity index (χ0n) is 8.77. The fraction of sp³-hybridized carbons (Fsp3) is 0.200. The Kier molecular flexibility index (Phi) is 4.01. The van der Waals surface area contributed by atoms with Crippen LogP contribution in [-0.2, 0) is 4.74 Å². The van der Waals surface area contributed by atoms with E-state index in [1.807, 2.05) is 0 Å². The molecule has 1 aromatic carbocycles. The summed E-state index contributed by atoms with van der Waals surface area (Å²) in [5, 5.41) is 19.3. The largest absolute Gasteiger partial charge is 0.462 e. The number of nitro groups is 1. The number of esters is 1. The van der Waals surface area contributed by atoms with Gasteiger partial charge < -0.3 is 4.74 Å². The molecule has 0 heterocycles. The highest BCUT2D eigenvalue weighted by atomic mass is 35.5. The molecule has 0 bridgehead atoms. The number of carbonyl (C=O) groups is 1. The van der Waals surface area contributed by atoms with Crippen molar-refractivity contribution in [3.05, 3.63) is 38.4 Å². The van der Waals surface area contributed by atoms with Gasteiger partial charge in [0.05, 0.1) is 22.1 Å². The molecule has 6 nitrogen and oxygen atoms in total. The number of carbonyl (C=O) groups excluding carboxylic acids is 1. The lowest BCUT2D eigenvalue weighted by molar-refractivity contribution is -0.385. The quantitative estimate of drug-likeness (QED) is 0.469. The van der Waals surface area contributed by atoms with Gasteiger partial charge in [0.1, 0.15) is 11.6 Å². The molecule has 0 aliphatic rings. The van der Waals surface area contributed by atoms with Crippen LogP contribution in [0.25, 0.3) is 0 Å². The van der Waals surface area contributed by atoms with Crippen LogP contribution in [0.4, 0.5) is 5.69 Å². The molecule has 0 fully saturated rings. The van der Waals surface area contributed by atoms with E-state index in [2.05, 4.69) is 4.74 Å². The summed E-state index contributed by atoms with van der Waals surface area (Å²) < 4.78 is 4.69. The maximum Gasteiger partial charge on any atom is 0.338 e. The maximum absolute atomic E-state index is 11.4. The molecule has 0 amide bonds. The van der Waals surface area contributed by atoms with Crippen LogP contribution in [0.3, 0.4) is 0 Å². The Morgan fingerprint density at radius 3 is 2.76 bits per heavy atom. The minimum Gasteiger partial charge on any atom is -0.462 e. The van der Waals surface area contributed by atoms with Gasteiger partial charge in [-0.15, -0.1) is 0 Å². The van der Waals surface area contributed by atoms with E-state index in [-0.39, 0.29) is 22.8 Å². The van der Waals surface area contributed by atoms with E-state index < -0.39 is 16.6 Å². The molecule has 0 saturated heterocycles. The van der Waals surface area contributed by atoms with Crippen LogP contribution < -0.4 is 0 Å². The summed E-state index contributed by atoms with van der Waals surface area (Å²) in [5.41, 5.74) is -0.838. The van der Waals surface area contributed by atoms with Gasteiger partial charge in [0.15, 0.2) is 0 Å². The third-order valence-electron chi connectivity index (χ3n) is 1.89. The van der Waals surface area contributed by atoms with Crippen molar-refractivity contribution in [3.63, 3.8) is 0 Å². The molecule has 7 heteroatoms. The number of nitrogens with zero attached hydrogens (tertiary/aromatic N) is 2. The third kappa shape index (κ3) is 2.71. The lowest BCUT2D eigenvalue weighted by atomic mass is 10.1. The highest BCUT2D eigenvalue weighted by molar-refractivity contribution is 6.32. The first kappa shape index (κ1) is 12.9. The summed E-state index contributed by atoms with van der Waals surface area (Å²) in [6, 6.07) is 3.76. The first-order chi connectivity index (χ1) is 8.01. The summed E-state index contributed by atoms with van der Waals surface area (Å²) in [7, 11) is 0. The van der Waals surface area contributed by atoms with Crippen LogP contribution in [0, 0.1) is 21.4 Å². The minimum atomic E-state index is -0.771. The van der Waals surface area contributed by atoms with Crippen molar-refractivity contribution < 1.29 is 14.5 Å². The normalized spacial score (nSPS) is 9.47. The SMILES string of the molecule is CCOC(=O)c1cc(Cl)c(C#N)c([N+](=O)[O-])c1. The summed E-state index contributed by atoms with van der Waals surface area (Å²) >= 11 is 5.69. The van der Waals surface area contributed by atoms with Gasteiger partial charge >= 0.3 is 5.97 Å². The predicted octanol–water partition coefficient (Wildman–Crippen LogP) is 2.30. The van der Waals surface area contributed by atoms with Crippen LogP contribution >= 0.6 is 11.6 Å². The molecule has 0 N–H and O–H groups in total. The number of ether oxygens (including phenoxy) is 1. The standard InChI is InChI=1S/C10H7ClN2O4/c1-2-17-10(14)6-3-8(11)7(5-12)9(4-6)13(15)16/h3-4H,2H2,1H3. The van der Waals surface area contributed by atoms with Gasteiger partial charge in [-0.05, 0) is 13.0 Å². The predicted molar refractivity (Wildman–Crippen MR) is 58.8 cm³/mol. The average Bonchev–Trinajstić information content (AvgIpc) is 2.28. The summed E-state index contributed by atoms with van der Waals surface area (Å²) in [4.78, 5) is 21.3. The van der Waals surface area contributed by atoms with E-state index in [9.17, 15) is 14.9 Å². The van der Waals surface area contributed by atoms with E-state index in [4.69, 9.17) is 16.9 Å². The monoisotopic (exact) mass is 254 g/mol. The minimum absolute atomic E-state index is 0.0532. The Morgan fingerprint density at radius 1 is 1.65 bits per heavy atom. The maximum atomic E-state index is 11.4. The molecular formula is C10H7ClN2O4. The molecular weight excluding hydrogens is 248 g/mol. The molecule has 0 aliphatic heterocycles. The number of nitriles is 1. The Hall–Kier alpha value is -2.13. The van der Waals surface area contributed by atoms with Crippen molar-refractivity contribution in [1.82, 2.24) is 0 Å². The lowest BCUT2D eigenvalue weighted by Crippen LogP contribution is -2.06. The van der Waals surface area contributed by atoms with Crippen molar-refractivity contribution in [3.8, 4) is 6.07 Å². The van der Waals surface area contributed by atoms with E-state index in [1.165, 1.54) is 6.07 Å². The number of benzene rings is 1. The van der Waals surface area contributed by atoms with Crippen LogP contribution in [-0.4, -0.2) is 17.5 Å². The number of halogens is 1. The van der Waals surface area contributed by atoms with E-state index in [1.54, 1.807) is 13.0 Å². The van der Waals surface area contributed by atoms with Gasteiger partial charge in [-0.25, -0.2) is 4.79 Å². The molecule has 88 valence electrons. The fourth-order valence-corrected chi connectivity index (χ4v) is 1.44. The molecule has 1 aromatic rings. The summed E-state index contributed by atoms with van der Waals surface area (Å²) in [6.45, 7) is 1.75. The van der Waals surface area contributed by atoms with Gasteiger partial charge in [-0.2, -0.15) is 5.26 Å². The zero-order valence-corrected chi connectivity index (χ0v) is 9.52. The second kappa shape index (κ2) is 5.27. The van der Waals surface area contributed by atoms with Crippen LogP contribution in [0.2, 0.25) is 5.02 Å². The first-order valence-corrected chi connectivity index (χ1v) is 4.94. The van der Waals surface area contributed by atoms with E-state index >= 15 is 0 Å². The molecule has 0 aromatic heterocycles. The van der Waals surface area contributed by atoms with Crippen molar-refractivity contribution in [2.24, 2.45) is 0 Å². The first-order valence-electron chi connectivity index (χ1n) is 4.56. The Labute approximate surface area is 102 Å². The number of hydrogen-bond donors (Lipinski definition) is 0. The molecule has 0 atom stereocenters. The Morgan fingerprint density at radius 2 is 2.29 bits per heavy atom. The van der Waals surface area contributed by atoms with Crippen molar-refractivity contribution in [2.45, 2.75) is 6.92 Å². The van der Waals surface area contributed by atoms with Crippen molar-refractivity contribution in [1.29, 1.82) is 5.26 Å². The molecule has 0 radical (unpaired) electrons. The molecule has 0 unspecified atom stereocenters. The van der Waals surface area contributed by atoms with Crippen LogP contribution in [0.1, 0.15) is 22.8 Å².